The van der Waals surface area contributed by atoms with E-state index in [-0.39, 0.29) is 37.8 Å². The first-order valence-electron chi connectivity index (χ1n) is 10.9. The number of benzene rings is 2. The number of amides is 1. The number of hydrogen-bond donors (Lipinski definition) is 0. The summed E-state index contributed by atoms with van der Waals surface area (Å²) >= 11 is 6.26. The number of alkyl halides is 3. The largest absolute Gasteiger partial charge is 0.493 e. The highest BCUT2D eigenvalue weighted by atomic mass is 35.5. The first kappa shape index (κ1) is 25.5. The molecule has 1 saturated heterocycles. The topological polar surface area (TPSA) is 93.8 Å². The van der Waals surface area contributed by atoms with Crippen molar-refractivity contribution in [3.8, 4) is 5.69 Å². The third-order valence-electron chi connectivity index (χ3n) is 5.87. The molecule has 0 bridgehead atoms. The van der Waals surface area contributed by atoms with Gasteiger partial charge in [-0.05, 0) is 36.9 Å². The maximum atomic E-state index is 13.2. The van der Waals surface area contributed by atoms with Crippen LogP contribution in [0.4, 0.5) is 13.2 Å². The third kappa shape index (κ3) is 4.73. The number of piperazine rings is 1. The Morgan fingerprint density at radius 2 is 1.69 bits per heavy atom. The predicted molar refractivity (Wildman–Crippen MR) is 124 cm³/mol. The molecule has 1 amide bonds. The maximum absolute atomic E-state index is 13.2. The van der Waals surface area contributed by atoms with Crippen molar-refractivity contribution in [2.45, 2.75) is 13.1 Å². The summed E-state index contributed by atoms with van der Waals surface area (Å²) in [7, 11) is 0. The zero-order valence-corrected chi connectivity index (χ0v) is 19.7. The Morgan fingerprint density at radius 1 is 1.03 bits per heavy atom. The Morgan fingerprint density at radius 3 is 2.33 bits per heavy atom. The fourth-order valence-electron chi connectivity index (χ4n) is 3.93. The summed E-state index contributed by atoms with van der Waals surface area (Å²) in [4.78, 5) is 59.1. The van der Waals surface area contributed by atoms with Gasteiger partial charge < -0.3 is 14.6 Å². The van der Waals surface area contributed by atoms with Gasteiger partial charge in [0.05, 0.1) is 21.6 Å². The van der Waals surface area contributed by atoms with E-state index in [2.05, 4.69) is 9.74 Å². The molecule has 1 aliphatic heterocycles. The van der Waals surface area contributed by atoms with Crippen LogP contribution in [0.5, 0.6) is 0 Å². The van der Waals surface area contributed by atoms with Gasteiger partial charge in [-0.1, -0.05) is 30.7 Å². The number of rotatable bonds is 4. The van der Waals surface area contributed by atoms with Crippen LogP contribution in [-0.4, -0.2) is 69.9 Å². The molecule has 0 spiro atoms. The molecule has 1 fully saturated rings. The standard InChI is InChI=1S/C23H20ClF3N4O5/c1-2-28-9-11-29(12-10-28)19(32)14-7-8-16(24)18(13-14)30-20(33)15-5-3-4-6-17(15)31(22(30)35)36-21(34)23(25,26)27/h3-8,13H,2,9-12H2,1H3. The zero-order valence-electron chi connectivity index (χ0n) is 18.9. The van der Waals surface area contributed by atoms with E-state index in [1.807, 2.05) is 6.92 Å². The average Bonchev–Trinajstić information content (AvgIpc) is 2.86. The van der Waals surface area contributed by atoms with E-state index < -0.39 is 23.4 Å². The number of nitrogens with zero attached hydrogens (tertiary/aromatic N) is 4. The van der Waals surface area contributed by atoms with Gasteiger partial charge in [-0.2, -0.15) is 13.2 Å². The predicted octanol–water partition coefficient (Wildman–Crippen LogP) is 2.10. The lowest BCUT2D eigenvalue weighted by atomic mass is 10.1. The van der Waals surface area contributed by atoms with Crippen molar-refractivity contribution in [3.05, 3.63) is 73.9 Å². The van der Waals surface area contributed by atoms with Crippen LogP contribution in [0.25, 0.3) is 16.6 Å². The first-order valence-corrected chi connectivity index (χ1v) is 11.3. The van der Waals surface area contributed by atoms with E-state index in [4.69, 9.17) is 11.6 Å². The van der Waals surface area contributed by atoms with Crippen LogP contribution in [0, 0.1) is 0 Å². The molecule has 2 heterocycles. The van der Waals surface area contributed by atoms with Crippen LogP contribution in [0.2, 0.25) is 5.02 Å². The summed E-state index contributed by atoms with van der Waals surface area (Å²) in [6.45, 7) is 5.18. The van der Waals surface area contributed by atoms with Gasteiger partial charge in [-0.25, -0.2) is 14.2 Å². The van der Waals surface area contributed by atoms with Gasteiger partial charge in [-0.3, -0.25) is 9.59 Å². The quantitative estimate of drug-likeness (QED) is 0.519. The lowest BCUT2D eigenvalue weighted by molar-refractivity contribution is -0.199. The Labute approximate surface area is 206 Å². The van der Waals surface area contributed by atoms with Crippen molar-refractivity contribution in [2.24, 2.45) is 0 Å². The lowest BCUT2D eigenvalue weighted by Crippen LogP contribution is -2.48. The number of likely N-dealkylation sites (N-methyl/N-ethyl adjacent to an activating group) is 1. The molecule has 36 heavy (non-hydrogen) atoms. The third-order valence-corrected chi connectivity index (χ3v) is 6.19. The van der Waals surface area contributed by atoms with Gasteiger partial charge in [-0.15, -0.1) is 4.73 Å². The Balaban J connectivity index is 1.84. The van der Waals surface area contributed by atoms with E-state index in [1.165, 1.54) is 36.4 Å². The fraction of sp³-hybridized carbons (Fsp3) is 0.304. The molecule has 2 aromatic carbocycles. The molecule has 1 aliphatic rings. The van der Waals surface area contributed by atoms with Crippen LogP contribution in [0.3, 0.4) is 0 Å². The molecule has 3 aromatic rings. The Hall–Kier alpha value is -3.64. The second-order valence-electron chi connectivity index (χ2n) is 8.00. The summed E-state index contributed by atoms with van der Waals surface area (Å²) in [5.41, 5.74) is -2.79. The van der Waals surface area contributed by atoms with E-state index in [0.717, 1.165) is 12.6 Å². The SMILES string of the molecule is CCN1CCN(C(=O)c2ccc(Cl)c(-n3c(=O)c4ccccc4n(OC(=O)C(F)(F)F)c3=O)c2)CC1. The lowest BCUT2D eigenvalue weighted by Gasteiger charge is -2.34. The summed E-state index contributed by atoms with van der Waals surface area (Å²) in [6.07, 6.45) is -5.40. The molecule has 0 unspecified atom stereocenters. The van der Waals surface area contributed by atoms with Gasteiger partial charge in [0.2, 0.25) is 0 Å². The molecule has 0 N–H and O–H groups in total. The number of aromatic nitrogens is 2. The second-order valence-corrected chi connectivity index (χ2v) is 8.41. The molecule has 13 heteroatoms. The van der Waals surface area contributed by atoms with Gasteiger partial charge in [0.1, 0.15) is 0 Å². The minimum Gasteiger partial charge on any atom is -0.336 e. The van der Waals surface area contributed by atoms with Crippen LogP contribution in [-0.2, 0) is 4.79 Å². The maximum Gasteiger partial charge on any atom is 0.493 e. The normalized spacial score (nSPS) is 14.8. The molecule has 9 nitrogen and oxygen atoms in total. The van der Waals surface area contributed by atoms with Gasteiger partial charge in [0, 0.05) is 31.7 Å². The summed E-state index contributed by atoms with van der Waals surface area (Å²) in [5.74, 6) is -3.01. The smallest absolute Gasteiger partial charge is 0.336 e. The van der Waals surface area contributed by atoms with Crippen molar-refractivity contribution < 1.29 is 27.6 Å². The van der Waals surface area contributed by atoms with Crippen molar-refractivity contribution in [2.75, 3.05) is 32.7 Å². The van der Waals surface area contributed by atoms with Crippen molar-refractivity contribution in [1.29, 1.82) is 0 Å². The Bertz CT molecular complexity index is 1460. The van der Waals surface area contributed by atoms with Crippen molar-refractivity contribution in [3.63, 3.8) is 0 Å². The number of fused-ring (bicyclic) bond motifs is 1. The van der Waals surface area contributed by atoms with Gasteiger partial charge in [0.25, 0.3) is 11.5 Å². The van der Waals surface area contributed by atoms with Crippen LogP contribution in [0.1, 0.15) is 17.3 Å². The fourth-order valence-corrected chi connectivity index (χ4v) is 4.14. The van der Waals surface area contributed by atoms with Gasteiger partial charge >= 0.3 is 17.8 Å². The average molecular weight is 525 g/mol. The van der Waals surface area contributed by atoms with Crippen molar-refractivity contribution in [1.82, 2.24) is 19.1 Å². The monoisotopic (exact) mass is 524 g/mol. The van der Waals surface area contributed by atoms with Gasteiger partial charge in [0.15, 0.2) is 0 Å². The molecular weight excluding hydrogens is 505 g/mol. The molecule has 4 rings (SSSR count). The van der Waals surface area contributed by atoms with Crippen LogP contribution in [0.15, 0.2) is 52.1 Å². The number of halogens is 4. The van der Waals surface area contributed by atoms with Crippen LogP contribution >= 0.6 is 11.6 Å². The summed E-state index contributed by atoms with van der Waals surface area (Å²) < 4.78 is 39.2. The molecule has 0 saturated carbocycles. The van der Waals surface area contributed by atoms with E-state index in [0.29, 0.717) is 30.7 Å². The van der Waals surface area contributed by atoms with E-state index in [9.17, 15) is 32.3 Å². The Kier molecular flexibility index (Phi) is 6.92. The van der Waals surface area contributed by atoms with Crippen LogP contribution < -0.4 is 16.1 Å². The van der Waals surface area contributed by atoms with Crippen molar-refractivity contribution >= 4 is 34.4 Å². The summed E-state index contributed by atoms with van der Waals surface area (Å²) in [5, 5.41) is -0.332. The van der Waals surface area contributed by atoms with E-state index >= 15 is 0 Å². The molecule has 0 aliphatic carbocycles. The number of carbonyl (C=O) groups is 2. The zero-order chi connectivity index (χ0) is 26.2. The number of hydrogen-bond acceptors (Lipinski definition) is 6. The molecular formula is C23H20ClF3N4O5. The molecule has 0 atom stereocenters. The first-order chi connectivity index (χ1) is 17.0. The highest BCUT2D eigenvalue weighted by molar-refractivity contribution is 6.32. The molecule has 190 valence electrons. The minimum absolute atomic E-state index is 0.0847. The summed E-state index contributed by atoms with van der Waals surface area (Å²) in [6, 6.07) is 9.13. The molecule has 0 radical (unpaired) electrons. The highest BCUT2D eigenvalue weighted by Crippen LogP contribution is 2.22. The van der Waals surface area contributed by atoms with E-state index in [1.54, 1.807) is 4.90 Å². The molecule has 1 aromatic heterocycles. The number of para-hydroxylation sites is 1. The number of carbonyl (C=O) groups excluding carboxylic acids is 2. The highest BCUT2D eigenvalue weighted by Gasteiger charge is 2.42. The second kappa shape index (κ2) is 9.78. The minimum atomic E-state index is -5.40.